The van der Waals surface area contributed by atoms with Crippen molar-refractivity contribution in [2.75, 3.05) is 12.4 Å². The minimum atomic E-state index is -4.56. The summed E-state index contributed by atoms with van der Waals surface area (Å²) in [4.78, 5) is 4.50. The molecule has 0 bridgehead atoms. The molecule has 0 unspecified atom stereocenters. The first-order valence-electron chi connectivity index (χ1n) is 11.6. The number of alkyl halides is 3. The number of hydrogen-bond donors (Lipinski definition) is 1. The van der Waals surface area contributed by atoms with Crippen LogP contribution in [0, 0.1) is 0 Å². The molecule has 2 aromatic heterocycles. The summed E-state index contributed by atoms with van der Waals surface area (Å²) in [5.74, 6) is 0.478. The Morgan fingerprint density at radius 3 is 2.30 bits per heavy atom. The number of aromatic nitrogens is 2. The van der Waals surface area contributed by atoms with Crippen molar-refractivity contribution in [1.82, 2.24) is 9.38 Å². The smallest absolute Gasteiger partial charge is 0.419 e. The number of sulfone groups is 1. The molecule has 0 aliphatic heterocycles. The first-order valence-corrected chi connectivity index (χ1v) is 13.3. The van der Waals surface area contributed by atoms with Gasteiger partial charge in [-0.1, -0.05) is 39.0 Å². The highest BCUT2D eigenvalue weighted by Gasteiger charge is 2.36. The van der Waals surface area contributed by atoms with Crippen molar-refractivity contribution in [1.29, 1.82) is 0 Å². The zero-order valence-corrected chi connectivity index (χ0v) is 21.4. The lowest BCUT2D eigenvalue weighted by molar-refractivity contribution is -0.136. The van der Waals surface area contributed by atoms with E-state index in [1.807, 2.05) is 20.8 Å². The van der Waals surface area contributed by atoms with Crippen molar-refractivity contribution in [3.63, 3.8) is 0 Å². The third-order valence-corrected chi connectivity index (χ3v) is 7.54. The van der Waals surface area contributed by atoms with E-state index in [1.54, 1.807) is 42.6 Å². The van der Waals surface area contributed by atoms with Gasteiger partial charge in [-0.05, 0) is 48.9 Å². The van der Waals surface area contributed by atoms with Crippen LogP contribution >= 0.6 is 0 Å². The van der Waals surface area contributed by atoms with E-state index in [0.29, 0.717) is 22.7 Å². The molecule has 6 nitrogen and oxygen atoms in total. The van der Waals surface area contributed by atoms with Crippen LogP contribution in [0.15, 0.2) is 71.8 Å². The maximum atomic E-state index is 13.7. The van der Waals surface area contributed by atoms with Gasteiger partial charge >= 0.3 is 6.18 Å². The molecule has 1 N–H and O–H groups in total. The lowest BCUT2D eigenvalue weighted by atomic mass is 9.89. The largest absolute Gasteiger partial charge is 0.457 e. The summed E-state index contributed by atoms with van der Waals surface area (Å²) in [6.45, 7) is 5.42. The Bertz CT molecular complexity index is 1540. The highest BCUT2D eigenvalue weighted by Crippen LogP contribution is 2.39. The molecular formula is C27H27F3N2O4S. The summed E-state index contributed by atoms with van der Waals surface area (Å²) in [6, 6.07) is 15.2. The Hall–Kier alpha value is -3.37. The highest BCUT2D eigenvalue weighted by molar-refractivity contribution is 7.91. The maximum absolute atomic E-state index is 13.7. The molecule has 0 atom stereocenters. The van der Waals surface area contributed by atoms with E-state index < -0.39 is 27.0 Å². The fraction of sp³-hybridized carbons (Fsp3) is 0.296. The quantitative estimate of drug-likeness (QED) is 0.304. The van der Waals surface area contributed by atoms with Crippen molar-refractivity contribution < 1.29 is 31.4 Å². The maximum Gasteiger partial charge on any atom is 0.419 e. The predicted octanol–water partition coefficient (Wildman–Crippen LogP) is 6.27. The number of pyridine rings is 1. The van der Waals surface area contributed by atoms with E-state index in [4.69, 9.17) is 9.84 Å². The topological polar surface area (TPSA) is 80.9 Å². The number of halogens is 3. The van der Waals surface area contributed by atoms with Crippen LogP contribution in [-0.2, 0) is 21.4 Å². The fourth-order valence-electron chi connectivity index (χ4n) is 4.03. The number of aliphatic hydroxyl groups is 1. The second-order valence-corrected chi connectivity index (χ2v) is 11.8. The Kier molecular flexibility index (Phi) is 7.09. The van der Waals surface area contributed by atoms with Crippen molar-refractivity contribution >= 4 is 15.5 Å². The van der Waals surface area contributed by atoms with E-state index in [1.165, 1.54) is 22.6 Å². The Labute approximate surface area is 213 Å². The molecular weight excluding hydrogens is 505 g/mol. The van der Waals surface area contributed by atoms with E-state index in [-0.39, 0.29) is 35.1 Å². The number of ether oxygens (including phenoxy) is 1. The molecule has 10 heteroatoms. The summed E-state index contributed by atoms with van der Waals surface area (Å²) in [6.07, 6.45) is -2.88. The summed E-state index contributed by atoms with van der Waals surface area (Å²) in [5, 5.41) is 8.97. The molecule has 0 aliphatic rings. The van der Waals surface area contributed by atoms with Gasteiger partial charge in [0.2, 0.25) is 0 Å². The Balaban J connectivity index is 1.78. The fourth-order valence-corrected chi connectivity index (χ4v) is 5.36. The lowest BCUT2D eigenvalue weighted by Crippen LogP contribution is -2.13. The number of rotatable bonds is 7. The first kappa shape index (κ1) is 26.7. The van der Waals surface area contributed by atoms with Crippen LogP contribution in [-0.4, -0.2) is 35.3 Å². The van der Waals surface area contributed by atoms with Gasteiger partial charge in [-0.3, -0.25) is 4.40 Å². The van der Waals surface area contributed by atoms with E-state index in [0.717, 1.165) is 6.07 Å². The molecule has 0 fully saturated rings. The normalized spacial score (nSPS) is 12.7. The number of benzene rings is 2. The van der Waals surface area contributed by atoms with E-state index in [9.17, 15) is 21.6 Å². The minimum Gasteiger partial charge on any atom is -0.457 e. The van der Waals surface area contributed by atoms with Gasteiger partial charge in [0.15, 0.2) is 9.84 Å². The molecule has 0 saturated heterocycles. The molecule has 0 aliphatic carbocycles. The SMILES string of the molecule is CC(C)(C)c1nc2c(C(F)(F)F)cccn2c1-c1cccc(Oc2cccc(S(=O)(=O)CCCO)c2)c1. The molecule has 4 aromatic rings. The second-order valence-electron chi connectivity index (χ2n) is 9.67. The van der Waals surface area contributed by atoms with Gasteiger partial charge in [-0.25, -0.2) is 13.4 Å². The molecule has 0 saturated carbocycles. The lowest BCUT2D eigenvalue weighted by Gasteiger charge is -2.18. The van der Waals surface area contributed by atoms with Crippen LogP contribution in [0.25, 0.3) is 16.9 Å². The van der Waals surface area contributed by atoms with Crippen LogP contribution in [0.5, 0.6) is 11.5 Å². The monoisotopic (exact) mass is 532 g/mol. The van der Waals surface area contributed by atoms with Crippen molar-refractivity contribution in [3.8, 4) is 22.8 Å². The first-order chi connectivity index (χ1) is 17.3. The van der Waals surface area contributed by atoms with Gasteiger partial charge in [0.1, 0.15) is 17.1 Å². The van der Waals surface area contributed by atoms with Crippen LogP contribution in [0.4, 0.5) is 13.2 Å². The van der Waals surface area contributed by atoms with Crippen molar-refractivity contribution in [2.45, 2.75) is 43.7 Å². The van der Waals surface area contributed by atoms with Crippen molar-refractivity contribution in [2.24, 2.45) is 0 Å². The number of fused-ring (bicyclic) bond motifs is 1. The molecule has 2 heterocycles. The average molecular weight is 533 g/mol. The average Bonchev–Trinajstić information content (AvgIpc) is 3.23. The summed E-state index contributed by atoms with van der Waals surface area (Å²) >= 11 is 0. The van der Waals surface area contributed by atoms with Crippen LogP contribution in [0.3, 0.4) is 0 Å². The second kappa shape index (κ2) is 9.83. The third-order valence-electron chi connectivity index (χ3n) is 5.74. The molecule has 0 radical (unpaired) electrons. The molecule has 37 heavy (non-hydrogen) atoms. The molecule has 2 aromatic carbocycles. The zero-order valence-electron chi connectivity index (χ0n) is 20.6. The van der Waals surface area contributed by atoms with Crippen LogP contribution in [0.1, 0.15) is 38.4 Å². The van der Waals surface area contributed by atoms with Gasteiger partial charge in [0.25, 0.3) is 0 Å². The molecule has 196 valence electrons. The van der Waals surface area contributed by atoms with Gasteiger partial charge in [0.05, 0.1) is 27.6 Å². The summed E-state index contributed by atoms with van der Waals surface area (Å²) < 4.78 is 73.6. The van der Waals surface area contributed by atoms with Crippen LogP contribution in [0.2, 0.25) is 0 Å². The number of nitrogens with zero attached hydrogens (tertiary/aromatic N) is 2. The summed E-state index contributed by atoms with van der Waals surface area (Å²) in [7, 11) is -3.59. The number of aliphatic hydroxyl groups excluding tert-OH is 1. The highest BCUT2D eigenvalue weighted by atomic mass is 32.2. The van der Waals surface area contributed by atoms with E-state index in [2.05, 4.69) is 4.98 Å². The number of hydrogen-bond acceptors (Lipinski definition) is 5. The van der Waals surface area contributed by atoms with Gasteiger partial charge in [0, 0.05) is 23.8 Å². The van der Waals surface area contributed by atoms with Gasteiger partial charge in [-0.15, -0.1) is 0 Å². The number of imidazole rings is 1. The van der Waals surface area contributed by atoms with Gasteiger partial charge < -0.3 is 9.84 Å². The van der Waals surface area contributed by atoms with Crippen LogP contribution < -0.4 is 4.74 Å². The predicted molar refractivity (Wildman–Crippen MR) is 135 cm³/mol. The standard InChI is InChI=1S/C27H27F3N2O4S/c1-26(2,3)24-23(32-13-6-12-22(25(32)31-24)27(28,29)30)18-8-4-9-19(16-18)36-20-10-5-11-21(17-20)37(34,35)15-7-14-33/h4-6,8-13,16-17,33H,7,14-15H2,1-3H3. The van der Waals surface area contributed by atoms with Crippen molar-refractivity contribution in [3.05, 3.63) is 78.1 Å². The minimum absolute atomic E-state index is 0.0751. The zero-order chi connectivity index (χ0) is 27.0. The Morgan fingerprint density at radius 2 is 1.65 bits per heavy atom. The molecule has 0 spiro atoms. The van der Waals surface area contributed by atoms with Gasteiger partial charge in [-0.2, -0.15) is 13.2 Å². The Morgan fingerprint density at radius 1 is 0.973 bits per heavy atom. The third kappa shape index (κ3) is 5.65. The van der Waals surface area contributed by atoms with E-state index >= 15 is 0 Å². The molecule has 0 amide bonds. The molecule has 4 rings (SSSR count). The summed E-state index contributed by atoms with van der Waals surface area (Å²) in [5.41, 5.74) is 0.0531.